The maximum atomic E-state index is 14.1. The Morgan fingerprint density at radius 3 is 2.42 bits per heavy atom. The minimum Gasteiger partial charge on any atom is -0.403 e. The molecule has 38 heavy (non-hydrogen) atoms. The number of aliphatic hydroxyl groups is 1. The molecule has 1 amide bonds. The van der Waals surface area contributed by atoms with Gasteiger partial charge in [0.25, 0.3) is 0 Å². The molecule has 2 N–H and O–H groups in total. The summed E-state index contributed by atoms with van der Waals surface area (Å²) in [5, 5.41) is 12.9. The molecule has 0 aromatic heterocycles. The number of alkyl halides is 3. The van der Waals surface area contributed by atoms with Crippen molar-refractivity contribution in [2.24, 2.45) is 11.8 Å². The Morgan fingerprint density at radius 1 is 1.08 bits per heavy atom. The van der Waals surface area contributed by atoms with Crippen molar-refractivity contribution in [2.75, 3.05) is 62.7 Å². The number of aliphatic hydroxyl groups excluding tert-OH is 1. The standard InChI is InChI=1S/C27H34F4N4O3/c1-33(24-17-35(16-20(24)18-36)21-5-3-2-4-6-21)14-11-32-26(37)19-9-12-34(13-10-19)22-7-8-25(23(28)15-22)38-27(29,30)31/h2-8,15,19-20,24,36H,9-14,16-18H2,1H3,(H,32,37). The van der Waals surface area contributed by atoms with Gasteiger partial charge in [-0.15, -0.1) is 13.2 Å². The number of hydrogen-bond donors (Lipinski definition) is 2. The van der Waals surface area contributed by atoms with Crippen molar-refractivity contribution in [1.82, 2.24) is 10.2 Å². The minimum absolute atomic E-state index is 0.0332. The zero-order valence-electron chi connectivity index (χ0n) is 21.3. The van der Waals surface area contributed by atoms with E-state index >= 15 is 0 Å². The lowest BCUT2D eigenvalue weighted by molar-refractivity contribution is -0.275. The number of likely N-dealkylation sites (N-methyl/N-ethyl adjacent to an activating group) is 1. The molecule has 0 saturated carbocycles. The third kappa shape index (κ3) is 7.08. The maximum absolute atomic E-state index is 14.1. The quantitative estimate of drug-likeness (QED) is 0.477. The molecule has 0 bridgehead atoms. The van der Waals surface area contributed by atoms with Crippen LogP contribution in [0, 0.1) is 17.7 Å². The second-order valence-corrected chi connectivity index (χ2v) is 9.95. The molecular weight excluding hydrogens is 504 g/mol. The number of nitrogens with one attached hydrogen (secondary N) is 1. The van der Waals surface area contributed by atoms with Crippen molar-refractivity contribution in [1.29, 1.82) is 0 Å². The average molecular weight is 539 g/mol. The first-order valence-corrected chi connectivity index (χ1v) is 12.8. The summed E-state index contributed by atoms with van der Waals surface area (Å²) in [7, 11) is 2.01. The number of ether oxygens (including phenoxy) is 1. The largest absolute Gasteiger partial charge is 0.573 e. The van der Waals surface area contributed by atoms with Crippen LogP contribution >= 0.6 is 0 Å². The Labute approximate surface area is 220 Å². The molecule has 4 rings (SSSR count). The third-order valence-corrected chi connectivity index (χ3v) is 7.46. The molecule has 2 aliphatic heterocycles. The number of amides is 1. The fraction of sp³-hybridized carbons (Fsp3) is 0.519. The smallest absolute Gasteiger partial charge is 0.403 e. The molecule has 11 heteroatoms. The van der Waals surface area contributed by atoms with E-state index in [1.807, 2.05) is 30.1 Å². The summed E-state index contributed by atoms with van der Waals surface area (Å²) < 4.78 is 54.9. The first kappa shape index (κ1) is 28.0. The van der Waals surface area contributed by atoms with Gasteiger partial charge in [0.1, 0.15) is 0 Å². The van der Waals surface area contributed by atoms with Crippen molar-refractivity contribution in [3.05, 3.63) is 54.3 Å². The zero-order valence-corrected chi connectivity index (χ0v) is 21.3. The molecule has 2 heterocycles. The maximum Gasteiger partial charge on any atom is 0.573 e. The number of benzene rings is 2. The monoisotopic (exact) mass is 538 g/mol. The second-order valence-electron chi connectivity index (χ2n) is 9.95. The molecule has 0 aliphatic carbocycles. The molecule has 2 aliphatic rings. The summed E-state index contributed by atoms with van der Waals surface area (Å²) in [4.78, 5) is 19.1. The predicted octanol–water partition coefficient (Wildman–Crippen LogP) is 3.49. The number of halogens is 4. The number of carbonyl (C=O) groups is 1. The van der Waals surface area contributed by atoms with Crippen molar-refractivity contribution in [3.8, 4) is 5.75 Å². The molecule has 2 aromatic carbocycles. The summed E-state index contributed by atoms with van der Waals surface area (Å²) in [6.45, 7) is 3.82. The first-order valence-electron chi connectivity index (χ1n) is 12.8. The molecule has 0 spiro atoms. The van der Waals surface area contributed by atoms with E-state index in [4.69, 9.17) is 0 Å². The van der Waals surface area contributed by atoms with E-state index in [2.05, 4.69) is 32.0 Å². The SMILES string of the molecule is CN(CCNC(=O)C1CCN(c2ccc(OC(F)(F)F)c(F)c2)CC1)C1CN(c2ccccc2)CC1CO. The number of para-hydroxylation sites is 1. The van der Waals surface area contributed by atoms with Crippen molar-refractivity contribution < 1.29 is 32.2 Å². The van der Waals surface area contributed by atoms with Crippen LogP contribution in [0.15, 0.2) is 48.5 Å². The first-order chi connectivity index (χ1) is 18.1. The number of anilines is 2. The highest BCUT2D eigenvalue weighted by molar-refractivity contribution is 5.79. The van der Waals surface area contributed by atoms with Crippen LogP contribution in [0.5, 0.6) is 5.75 Å². The van der Waals surface area contributed by atoms with Crippen LogP contribution in [-0.4, -0.2) is 81.2 Å². The van der Waals surface area contributed by atoms with Crippen LogP contribution in [0.4, 0.5) is 28.9 Å². The lowest BCUT2D eigenvalue weighted by Gasteiger charge is -2.33. The molecule has 2 atom stereocenters. The van der Waals surface area contributed by atoms with Gasteiger partial charge in [-0.1, -0.05) is 18.2 Å². The van der Waals surface area contributed by atoms with Gasteiger partial charge in [0, 0.05) is 81.2 Å². The number of hydrogen-bond acceptors (Lipinski definition) is 6. The van der Waals surface area contributed by atoms with Gasteiger partial charge < -0.3 is 25.0 Å². The molecule has 2 aromatic rings. The lowest BCUT2D eigenvalue weighted by Crippen LogP contribution is -2.45. The van der Waals surface area contributed by atoms with E-state index in [0.29, 0.717) is 44.7 Å². The number of nitrogens with zero attached hydrogens (tertiary/aromatic N) is 3. The molecular formula is C27H34F4N4O3. The van der Waals surface area contributed by atoms with Gasteiger partial charge in [-0.25, -0.2) is 4.39 Å². The van der Waals surface area contributed by atoms with Crippen molar-refractivity contribution in [3.63, 3.8) is 0 Å². The van der Waals surface area contributed by atoms with Gasteiger partial charge in [0.15, 0.2) is 11.6 Å². The van der Waals surface area contributed by atoms with E-state index in [9.17, 15) is 27.5 Å². The van der Waals surface area contributed by atoms with Gasteiger partial charge in [-0.3, -0.25) is 9.69 Å². The van der Waals surface area contributed by atoms with Crippen molar-refractivity contribution in [2.45, 2.75) is 25.2 Å². The zero-order chi connectivity index (χ0) is 27.3. The van der Waals surface area contributed by atoms with Crippen LogP contribution < -0.4 is 19.9 Å². The van der Waals surface area contributed by atoms with Crippen LogP contribution in [0.3, 0.4) is 0 Å². The molecule has 7 nitrogen and oxygen atoms in total. The second kappa shape index (κ2) is 12.2. The number of rotatable bonds is 9. The van der Waals surface area contributed by atoms with E-state index in [0.717, 1.165) is 30.9 Å². The van der Waals surface area contributed by atoms with E-state index in [-0.39, 0.29) is 30.4 Å². The molecule has 208 valence electrons. The van der Waals surface area contributed by atoms with Gasteiger partial charge in [0.2, 0.25) is 5.91 Å². The predicted molar refractivity (Wildman–Crippen MR) is 137 cm³/mol. The van der Waals surface area contributed by atoms with Crippen LogP contribution in [0.25, 0.3) is 0 Å². The molecule has 2 saturated heterocycles. The van der Waals surface area contributed by atoms with Crippen LogP contribution in [-0.2, 0) is 4.79 Å². The number of piperidine rings is 1. The molecule has 2 fully saturated rings. The number of carbonyl (C=O) groups excluding carboxylic acids is 1. The van der Waals surface area contributed by atoms with Gasteiger partial charge in [-0.2, -0.15) is 0 Å². The summed E-state index contributed by atoms with van der Waals surface area (Å²) in [6.07, 6.45) is -3.83. The fourth-order valence-corrected chi connectivity index (χ4v) is 5.34. The fourth-order valence-electron chi connectivity index (χ4n) is 5.34. The Balaban J connectivity index is 1.21. The minimum atomic E-state index is -4.96. The highest BCUT2D eigenvalue weighted by Gasteiger charge is 2.35. The lowest BCUT2D eigenvalue weighted by atomic mass is 9.95. The van der Waals surface area contributed by atoms with E-state index in [1.54, 1.807) is 0 Å². The Hall–Kier alpha value is -3.05. The highest BCUT2D eigenvalue weighted by Crippen LogP contribution is 2.31. The summed E-state index contributed by atoms with van der Waals surface area (Å²) >= 11 is 0. The topological polar surface area (TPSA) is 68.3 Å². The Kier molecular flexibility index (Phi) is 8.99. The van der Waals surface area contributed by atoms with Crippen LogP contribution in [0.2, 0.25) is 0 Å². The van der Waals surface area contributed by atoms with Gasteiger partial charge in [0.05, 0.1) is 0 Å². The third-order valence-electron chi connectivity index (χ3n) is 7.46. The highest BCUT2D eigenvalue weighted by atomic mass is 19.4. The average Bonchev–Trinajstić information content (AvgIpc) is 3.34. The van der Waals surface area contributed by atoms with Gasteiger partial charge >= 0.3 is 6.36 Å². The molecule has 2 unspecified atom stereocenters. The Morgan fingerprint density at radius 2 is 1.79 bits per heavy atom. The van der Waals surface area contributed by atoms with E-state index in [1.165, 1.54) is 6.07 Å². The normalized spacial score (nSPS) is 20.7. The van der Waals surface area contributed by atoms with Crippen molar-refractivity contribution >= 4 is 17.3 Å². The van der Waals surface area contributed by atoms with Gasteiger partial charge in [-0.05, 0) is 44.2 Å². The Bertz CT molecular complexity index is 1060. The van der Waals surface area contributed by atoms with Crippen LogP contribution in [0.1, 0.15) is 12.8 Å². The summed E-state index contributed by atoms with van der Waals surface area (Å²) in [6, 6.07) is 13.7. The molecule has 0 radical (unpaired) electrons. The summed E-state index contributed by atoms with van der Waals surface area (Å²) in [5.41, 5.74) is 1.59. The summed E-state index contributed by atoms with van der Waals surface area (Å²) in [5.74, 6) is -2.04. The van der Waals surface area contributed by atoms with E-state index < -0.39 is 17.9 Å².